The minimum Gasteiger partial charge on any atom is -0.368 e. The second-order valence-corrected chi connectivity index (χ2v) is 8.17. The van der Waals surface area contributed by atoms with Crippen LogP contribution in [0.25, 0.3) is 0 Å². The topological polar surface area (TPSA) is 86.8 Å². The highest BCUT2D eigenvalue weighted by atomic mass is 32.2. The molecule has 1 aliphatic heterocycles. The molecule has 1 aromatic rings. The molecule has 1 heterocycles. The van der Waals surface area contributed by atoms with Crippen LogP contribution in [-0.4, -0.2) is 62.9 Å². The number of nitrogens with one attached hydrogen (secondary N) is 1. The number of piperazine rings is 1. The van der Waals surface area contributed by atoms with Gasteiger partial charge in [-0.2, -0.15) is 0 Å². The lowest BCUT2D eigenvalue weighted by atomic mass is 10.2. The number of hydrogen-bond donors (Lipinski definition) is 1. The van der Waals surface area contributed by atoms with Gasteiger partial charge in [-0.05, 0) is 24.6 Å². The van der Waals surface area contributed by atoms with Crippen molar-refractivity contribution < 1.29 is 22.4 Å². The van der Waals surface area contributed by atoms with Crippen molar-refractivity contribution in [3.63, 3.8) is 0 Å². The average Bonchev–Trinajstić information content (AvgIpc) is 2.64. The molecular weight excluding hydrogens is 361 g/mol. The van der Waals surface area contributed by atoms with Gasteiger partial charge < -0.3 is 15.1 Å². The molecule has 1 N–H and O–H groups in total. The molecule has 2 amide bonds. The predicted molar refractivity (Wildman–Crippen MR) is 97.3 cm³/mol. The number of rotatable bonds is 6. The summed E-state index contributed by atoms with van der Waals surface area (Å²) in [4.78, 5) is 27.4. The van der Waals surface area contributed by atoms with Crippen LogP contribution in [0.3, 0.4) is 0 Å². The van der Waals surface area contributed by atoms with Gasteiger partial charge in [0.1, 0.15) is 5.82 Å². The van der Waals surface area contributed by atoms with Crippen molar-refractivity contribution in [1.82, 2.24) is 10.2 Å². The molecule has 7 nitrogen and oxygen atoms in total. The summed E-state index contributed by atoms with van der Waals surface area (Å²) in [5, 5.41) is 1.10. The molecule has 1 fully saturated rings. The predicted octanol–water partition coefficient (Wildman–Crippen LogP) is 1.40. The van der Waals surface area contributed by atoms with Gasteiger partial charge in [-0.1, -0.05) is 19.4 Å². The van der Waals surface area contributed by atoms with Crippen LogP contribution in [0.1, 0.15) is 19.8 Å². The molecule has 0 unspecified atom stereocenters. The summed E-state index contributed by atoms with van der Waals surface area (Å²) < 4.78 is 36.8. The number of nitrogens with zero attached hydrogens (tertiary/aromatic N) is 2. The van der Waals surface area contributed by atoms with Gasteiger partial charge in [0.15, 0.2) is 0 Å². The highest BCUT2D eigenvalue weighted by Gasteiger charge is 2.25. The lowest BCUT2D eigenvalue weighted by Crippen LogP contribution is -2.51. The zero-order valence-electron chi connectivity index (χ0n) is 14.8. The maximum Gasteiger partial charge on any atom is 0.336 e. The van der Waals surface area contributed by atoms with E-state index in [-0.39, 0.29) is 24.0 Å². The Morgan fingerprint density at radius 1 is 1.19 bits per heavy atom. The Morgan fingerprint density at radius 2 is 1.88 bits per heavy atom. The van der Waals surface area contributed by atoms with Crippen molar-refractivity contribution in [1.29, 1.82) is 0 Å². The van der Waals surface area contributed by atoms with Gasteiger partial charge in [0.05, 0.1) is 12.3 Å². The average molecular weight is 385 g/mol. The first-order chi connectivity index (χ1) is 12.3. The Labute approximate surface area is 153 Å². The smallest absolute Gasteiger partial charge is 0.336 e. The molecule has 9 heteroatoms. The van der Waals surface area contributed by atoms with Crippen LogP contribution < -0.4 is 10.2 Å². The van der Waals surface area contributed by atoms with E-state index >= 15 is 0 Å². The highest BCUT2D eigenvalue weighted by molar-refractivity contribution is 8.06. The van der Waals surface area contributed by atoms with E-state index in [9.17, 15) is 22.4 Å². The molecule has 2 rings (SSSR count). The summed E-state index contributed by atoms with van der Waals surface area (Å²) in [5.74, 6) is -0.855. The summed E-state index contributed by atoms with van der Waals surface area (Å²) in [6.45, 7) is 3.42. The van der Waals surface area contributed by atoms with Crippen LogP contribution in [0.2, 0.25) is 0 Å². The minimum atomic E-state index is -3.86. The van der Waals surface area contributed by atoms with E-state index in [0.29, 0.717) is 39.0 Å². The second kappa shape index (κ2) is 8.98. The number of sulfone groups is 1. The molecule has 0 aliphatic carbocycles. The molecule has 26 heavy (non-hydrogen) atoms. The number of halogens is 1. The molecule has 144 valence electrons. The number of carbonyl (C=O) groups excluding carboxylic acids is 2. The first-order valence-electron chi connectivity index (χ1n) is 8.62. The Kier molecular flexibility index (Phi) is 6.96. The molecular formula is C17H24FN3O4S. The van der Waals surface area contributed by atoms with E-state index in [2.05, 4.69) is 5.32 Å². The maximum atomic E-state index is 13.3. The van der Waals surface area contributed by atoms with Crippen molar-refractivity contribution >= 4 is 26.7 Å². The third-order valence-electron chi connectivity index (χ3n) is 4.24. The van der Waals surface area contributed by atoms with E-state index in [0.717, 1.165) is 5.69 Å². The van der Waals surface area contributed by atoms with E-state index < -0.39 is 15.1 Å². The first-order valence-corrected chi connectivity index (χ1v) is 10.3. The van der Waals surface area contributed by atoms with Crippen LogP contribution in [0, 0.1) is 5.82 Å². The van der Waals surface area contributed by atoms with Gasteiger partial charge in [0.2, 0.25) is 15.7 Å². The van der Waals surface area contributed by atoms with Crippen LogP contribution in [-0.2, 0) is 14.6 Å². The quantitative estimate of drug-likeness (QED) is 0.800. The summed E-state index contributed by atoms with van der Waals surface area (Å²) in [5.41, 5.74) is 0.757. The number of hydrogen-bond acceptors (Lipinski definition) is 5. The van der Waals surface area contributed by atoms with E-state index in [4.69, 9.17) is 0 Å². The van der Waals surface area contributed by atoms with Crippen molar-refractivity contribution in [2.45, 2.75) is 19.8 Å². The van der Waals surface area contributed by atoms with Gasteiger partial charge in [-0.25, -0.2) is 12.8 Å². The standard InChI is InChI=1S/C17H24FN3O4S/c1-2-3-11-26(24,25)17(23)19-13-16(22)21-9-7-20(8-10-21)15-6-4-5-14(18)12-15/h4-6,12H,2-3,7-11,13H2,1H3,(H,19,23). The van der Waals surface area contributed by atoms with Crippen LogP contribution in [0.5, 0.6) is 0 Å². The molecule has 1 aromatic carbocycles. The van der Waals surface area contributed by atoms with Gasteiger partial charge in [0, 0.05) is 31.9 Å². The van der Waals surface area contributed by atoms with E-state index in [1.54, 1.807) is 11.0 Å². The van der Waals surface area contributed by atoms with Gasteiger partial charge >= 0.3 is 5.24 Å². The monoisotopic (exact) mass is 385 g/mol. The fraction of sp³-hybridized carbons (Fsp3) is 0.529. The minimum absolute atomic E-state index is 0.212. The Hall–Kier alpha value is -2.16. The normalized spacial score (nSPS) is 15.0. The van der Waals surface area contributed by atoms with E-state index in [1.807, 2.05) is 17.9 Å². The van der Waals surface area contributed by atoms with Gasteiger partial charge in [-0.15, -0.1) is 0 Å². The fourth-order valence-corrected chi connectivity index (χ4v) is 3.83. The zero-order chi connectivity index (χ0) is 19.2. The second-order valence-electron chi connectivity index (χ2n) is 6.16. The third-order valence-corrected chi connectivity index (χ3v) is 5.77. The molecule has 0 atom stereocenters. The fourth-order valence-electron chi connectivity index (χ4n) is 2.68. The summed E-state index contributed by atoms with van der Waals surface area (Å²) in [6, 6.07) is 6.26. The Bertz CT molecular complexity index is 746. The van der Waals surface area contributed by atoms with Crippen LogP contribution >= 0.6 is 0 Å². The molecule has 0 aromatic heterocycles. The molecule has 1 saturated heterocycles. The van der Waals surface area contributed by atoms with Crippen molar-refractivity contribution in [3.05, 3.63) is 30.1 Å². The van der Waals surface area contributed by atoms with Gasteiger partial charge in [-0.3, -0.25) is 9.59 Å². The number of carbonyl (C=O) groups is 2. The van der Waals surface area contributed by atoms with Crippen molar-refractivity contribution in [2.24, 2.45) is 0 Å². The number of unbranched alkanes of at least 4 members (excludes halogenated alkanes) is 1. The first kappa shape index (κ1) is 20.2. The molecule has 0 bridgehead atoms. The summed E-state index contributed by atoms with van der Waals surface area (Å²) >= 11 is 0. The summed E-state index contributed by atoms with van der Waals surface area (Å²) in [6.07, 6.45) is 1.08. The summed E-state index contributed by atoms with van der Waals surface area (Å²) in [7, 11) is -3.86. The number of amides is 2. The highest BCUT2D eigenvalue weighted by Crippen LogP contribution is 2.17. The van der Waals surface area contributed by atoms with E-state index in [1.165, 1.54) is 12.1 Å². The largest absolute Gasteiger partial charge is 0.368 e. The number of benzene rings is 1. The number of anilines is 1. The van der Waals surface area contributed by atoms with Crippen molar-refractivity contribution in [3.8, 4) is 0 Å². The lowest BCUT2D eigenvalue weighted by Gasteiger charge is -2.36. The molecule has 0 saturated carbocycles. The molecule has 0 radical (unpaired) electrons. The van der Waals surface area contributed by atoms with Crippen molar-refractivity contribution in [2.75, 3.05) is 43.4 Å². The zero-order valence-corrected chi connectivity index (χ0v) is 15.6. The maximum absolute atomic E-state index is 13.3. The van der Waals surface area contributed by atoms with Crippen LogP contribution in [0.15, 0.2) is 24.3 Å². The van der Waals surface area contributed by atoms with Gasteiger partial charge in [0.25, 0.3) is 0 Å². The molecule has 0 spiro atoms. The Balaban J connectivity index is 1.80. The van der Waals surface area contributed by atoms with Crippen LogP contribution in [0.4, 0.5) is 14.9 Å². The third kappa shape index (κ3) is 5.42. The Morgan fingerprint density at radius 3 is 2.50 bits per heavy atom. The SMILES string of the molecule is CCCCS(=O)(=O)C(=O)NCC(=O)N1CCN(c2cccc(F)c2)CC1. The lowest BCUT2D eigenvalue weighted by molar-refractivity contribution is -0.130. The molecule has 1 aliphatic rings.